The van der Waals surface area contributed by atoms with Gasteiger partial charge in [-0.3, -0.25) is 4.79 Å². The molecule has 0 radical (unpaired) electrons. The summed E-state index contributed by atoms with van der Waals surface area (Å²) >= 11 is 0. The molecule has 1 saturated carbocycles. The van der Waals surface area contributed by atoms with Gasteiger partial charge in [-0.1, -0.05) is 42.5 Å². The van der Waals surface area contributed by atoms with Gasteiger partial charge in [0.2, 0.25) is 5.91 Å². The van der Waals surface area contributed by atoms with Gasteiger partial charge in [0.25, 0.3) is 0 Å². The zero-order valence-electron chi connectivity index (χ0n) is 12.5. The molecule has 3 nitrogen and oxygen atoms in total. The molecule has 1 heterocycles. The molecule has 1 fully saturated rings. The van der Waals surface area contributed by atoms with E-state index in [1.165, 1.54) is 16.7 Å². The van der Waals surface area contributed by atoms with Crippen LogP contribution in [-0.4, -0.2) is 23.2 Å². The van der Waals surface area contributed by atoms with Gasteiger partial charge >= 0.3 is 0 Å². The molecule has 1 N–H and O–H groups in total. The van der Waals surface area contributed by atoms with Crippen molar-refractivity contribution in [2.45, 2.75) is 31.3 Å². The fraction of sp³-hybridized carbons (Fsp3) is 0.316. The molecule has 0 atom stereocenters. The minimum absolute atomic E-state index is 0.0453. The lowest BCUT2D eigenvalue weighted by Crippen LogP contribution is -2.32. The van der Waals surface area contributed by atoms with Crippen LogP contribution in [0.4, 0.5) is 5.69 Å². The number of fused-ring (bicyclic) bond motifs is 1. The van der Waals surface area contributed by atoms with Crippen LogP contribution in [0.5, 0.6) is 0 Å². The average molecular weight is 293 g/mol. The summed E-state index contributed by atoms with van der Waals surface area (Å²) in [6, 6.07) is 16.4. The average Bonchev–Trinajstić information content (AvgIpc) is 3.10. The number of aliphatic hydroxyl groups is 1. The van der Waals surface area contributed by atoms with Gasteiger partial charge in [0.05, 0.1) is 12.0 Å². The minimum Gasteiger partial charge on any atom is -0.389 e. The molecule has 4 rings (SSSR count). The van der Waals surface area contributed by atoms with Crippen LogP contribution in [-0.2, 0) is 11.2 Å². The number of anilines is 1. The molecular weight excluding hydrogens is 274 g/mol. The van der Waals surface area contributed by atoms with E-state index in [0.717, 1.165) is 24.9 Å². The third-order valence-corrected chi connectivity index (χ3v) is 4.72. The van der Waals surface area contributed by atoms with Crippen molar-refractivity contribution in [3.8, 4) is 11.1 Å². The normalized spacial score (nSPS) is 18.1. The second-order valence-corrected chi connectivity index (χ2v) is 6.37. The van der Waals surface area contributed by atoms with Gasteiger partial charge < -0.3 is 10.0 Å². The second kappa shape index (κ2) is 4.96. The van der Waals surface area contributed by atoms with Crippen LogP contribution in [0.15, 0.2) is 48.5 Å². The van der Waals surface area contributed by atoms with E-state index in [0.29, 0.717) is 6.54 Å². The van der Waals surface area contributed by atoms with Gasteiger partial charge in [0, 0.05) is 12.2 Å². The van der Waals surface area contributed by atoms with Crippen LogP contribution in [0.3, 0.4) is 0 Å². The molecule has 0 bridgehead atoms. The van der Waals surface area contributed by atoms with E-state index in [1.807, 2.05) is 35.2 Å². The molecule has 1 aliphatic carbocycles. The Morgan fingerprint density at radius 3 is 2.59 bits per heavy atom. The van der Waals surface area contributed by atoms with Crippen molar-refractivity contribution in [1.82, 2.24) is 0 Å². The van der Waals surface area contributed by atoms with E-state index >= 15 is 0 Å². The Morgan fingerprint density at radius 1 is 1.09 bits per heavy atom. The predicted molar refractivity (Wildman–Crippen MR) is 86.7 cm³/mol. The van der Waals surface area contributed by atoms with Crippen LogP contribution in [0, 0.1) is 0 Å². The topological polar surface area (TPSA) is 40.5 Å². The van der Waals surface area contributed by atoms with E-state index in [2.05, 4.69) is 18.2 Å². The van der Waals surface area contributed by atoms with E-state index in [4.69, 9.17) is 0 Å². The Balaban J connectivity index is 1.67. The molecule has 2 aliphatic rings. The summed E-state index contributed by atoms with van der Waals surface area (Å²) in [6.07, 6.45) is 2.64. The summed E-state index contributed by atoms with van der Waals surface area (Å²) in [4.78, 5) is 14.3. The maximum absolute atomic E-state index is 12.5. The molecule has 0 spiro atoms. The standard InChI is InChI=1S/C19H19NO2/c21-18(13-19(22)10-11-19)20-12-9-16-15(7-4-8-17(16)20)14-5-2-1-3-6-14/h1-8,22H,9-13H2. The van der Waals surface area contributed by atoms with E-state index in [-0.39, 0.29) is 12.3 Å². The highest BCUT2D eigenvalue weighted by atomic mass is 16.3. The zero-order valence-corrected chi connectivity index (χ0v) is 12.5. The molecule has 1 amide bonds. The summed E-state index contributed by atoms with van der Waals surface area (Å²) in [6.45, 7) is 0.716. The van der Waals surface area contributed by atoms with Crippen LogP contribution in [0.25, 0.3) is 11.1 Å². The quantitative estimate of drug-likeness (QED) is 0.944. The molecule has 0 unspecified atom stereocenters. The highest BCUT2D eigenvalue weighted by Crippen LogP contribution is 2.41. The van der Waals surface area contributed by atoms with E-state index < -0.39 is 5.60 Å². The van der Waals surface area contributed by atoms with Crippen molar-refractivity contribution < 1.29 is 9.90 Å². The lowest BCUT2D eigenvalue weighted by molar-refractivity contribution is -0.120. The van der Waals surface area contributed by atoms with Crippen LogP contribution >= 0.6 is 0 Å². The number of rotatable bonds is 3. The maximum atomic E-state index is 12.5. The Hall–Kier alpha value is -2.13. The number of carbonyl (C=O) groups is 1. The number of hydrogen-bond donors (Lipinski definition) is 1. The lowest BCUT2D eigenvalue weighted by Gasteiger charge is -2.19. The fourth-order valence-electron chi connectivity index (χ4n) is 3.28. The monoisotopic (exact) mass is 293 g/mol. The van der Waals surface area contributed by atoms with Crippen LogP contribution < -0.4 is 4.90 Å². The van der Waals surface area contributed by atoms with Gasteiger partial charge in [-0.05, 0) is 42.0 Å². The third kappa shape index (κ3) is 2.32. The predicted octanol–water partition coefficient (Wildman–Crippen LogP) is 3.16. The summed E-state index contributed by atoms with van der Waals surface area (Å²) in [5.41, 5.74) is 3.92. The van der Waals surface area contributed by atoms with Crippen molar-refractivity contribution in [2.24, 2.45) is 0 Å². The van der Waals surface area contributed by atoms with Gasteiger partial charge in [-0.2, -0.15) is 0 Å². The summed E-state index contributed by atoms with van der Waals surface area (Å²) in [5, 5.41) is 9.99. The summed E-state index contributed by atoms with van der Waals surface area (Å²) < 4.78 is 0. The first-order valence-electron chi connectivity index (χ1n) is 7.86. The highest BCUT2D eigenvalue weighted by molar-refractivity contribution is 5.97. The SMILES string of the molecule is O=C(CC1(O)CC1)N1CCc2c(-c3ccccc3)cccc21. The zero-order chi connectivity index (χ0) is 15.2. The second-order valence-electron chi connectivity index (χ2n) is 6.37. The van der Waals surface area contributed by atoms with E-state index in [9.17, 15) is 9.90 Å². The van der Waals surface area contributed by atoms with Gasteiger partial charge in [0.15, 0.2) is 0 Å². The number of nitrogens with zero attached hydrogens (tertiary/aromatic N) is 1. The maximum Gasteiger partial charge on any atom is 0.229 e. The minimum atomic E-state index is -0.725. The molecule has 3 heteroatoms. The largest absolute Gasteiger partial charge is 0.389 e. The number of hydrogen-bond acceptors (Lipinski definition) is 2. The lowest BCUT2D eigenvalue weighted by atomic mass is 9.98. The Kier molecular flexibility index (Phi) is 3.05. The van der Waals surface area contributed by atoms with Crippen molar-refractivity contribution in [3.63, 3.8) is 0 Å². The van der Waals surface area contributed by atoms with Crippen LogP contribution in [0.1, 0.15) is 24.8 Å². The number of amides is 1. The highest BCUT2D eigenvalue weighted by Gasteiger charge is 2.43. The van der Waals surface area contributed by atoms with Gasteiger partial charge in [0.1, 0.15) is 0 Å². The molecule has 1 aliphatic heterocycles. The molecule has 2 aromatic rings. The van der Waals surface area contributed by atoms with Crippen molar-refractivity contribution in [1.29, 1.82) is 0 Å². The summed E-state index contributed by atoms with van der Waals surface area (Å²) in [7, 11) is 0. The van der Waals surface area contributed by atoms with Gasteiger partial charge in [-0.25, -0.2) is 0 Å². The number of carbonyl (C=O) groups excluding carboxylic acids is 1. The first-order valence-corrected chi connectivity index (χ1v) is 7.86. The smallest absolute Gasteiger partial charge is 0.229 e. The Labute approximate surface area is 130 Å². The first-order chi connectivity index (χ1) is 10.7. The van der Waals surface area contributed by atoms with E-state index in [1.54, 1.807) is 0 Å². The van der Waals surface area contributed by atoms with Crippen molar-refractivity contribution in [2.75, 3.05) is 11.4 Å². The Morgan fingerprint density at radius 2 is 1.86 bits per heavy atom. The van der Waals surface area contributed by atoms with Crippen molar-refractivity contribution >= 4 is 11.6 Å². The molecular formula is C19H19NO2. The summed E-state index contributed by atoms with van der Waals surface area (Å²) in [5.74, 6) is 0.0453. The third-order valence-electron chi connectivity index (χ3n) is 4.72. The van der Waals surface area contributed by atoms with Crippen molar-refractivity contribution in [3.05, 3.63) is 54.1 Å². The molecule has 112 valence electrons. The van der Waals surface area contributed by atoms with Gasteiger partial charge in [-0.15, -0.1) is 0 Å². The number of benzene rings is 2. The molecule has 0 aromatic heterocycles. The Bertz CT molecular complexity index is 719. The molecule has 2 aromatic carbocycles. The van der Waals surface area contributed by atoms with Crippen LogP contribution in [0.2, 0.25) is 0 Å². The fourth-order valence-corrected chi connectivity index (χ4v) is 3.28. The first kappa shape index (κ1) is 13.5. The molecule has 22 heavy (non-hydrogen) atoms. The molecule has 0 saturated heterocycles.